The minimum atomic E-state index is -0.806. The molecule has 1 fully saturated rings. The van der Waals surface area contributed by atoms with Crippen LogP contribution in [0, 0.1) is 5.41 Å². The maximum atomic E-state index is 10.9. The number of aliphatic carboxylic acids is 1. The van der Waals surface area contributed by atoms with Crippen molar-refractivity contribution in [2.24, 2.45) is 5.41 Å². The summed E-state index contributed by atoms with van der Waals surface area (Å²) in [5, 5.41) is 8.98. The minimum absolute atomic E-state index is 0.149. The van der Waals surface area contributed by atoms with Crippen LogP contribution in [0.1, 0.15) is 32.1 Å². The van der Waals surface area contributed by atoms with E-state index in [1.807, 2.05) is 0 Å². The van der Waals surface area contributed by atoms with Gasteiger partial charge in [-0.3, -0.25) is 0 Å². The third-order valence-corrected chi connectivity index (χ3v) is 3.17. The Labute approximate surface area is 77.4 Å². The van der Waals surface area contributed by atoms with Gasteiger partial charge in [0.05, 0.1) is 18.4 Å². The van der Waals surface area contributed by atoms with Crippen molar-refractivity contribution in [2.75, 3.05) is 6.61 Å². The fourth-order valence-corrected chi connectivity index (χ4v) is 2.41. The van der Waals surface area contributed by atoms with Crippen LogP contribution in [0.2, 0.25) is 0 Å². The van der Waals surface area contributed by atoms with Gasteiger partial charge in [0.15, 0.2) is 0 Å². The summed E-state index contributed by atoms with van der Waals surface area (Å²) < 4.78 is 5.17. The molecule has 1 heterocycles. The Bertz CT molecular complexity index is 249. The number of hydrogen-bond donors (Lipinski definition) is 1. The second-order valence-electron chi connectivity index (χ2n) is 3.99. The van der Waals surface area contributed by atoms with Crippen molar-refractivity contribution in [3.05, 3.63) is 11.8 Å². The molecule has 1 N–H and O–H groups in total. The van der Waals surface area contributed by atoms with Crippen molar-refractivity contribution >= 4 is 5.97 Å². The lowest BCUT2D eigenvalue weighted by molar-refractivity contribution is -0.134. The van der Waals surface area contributed by atoms with Crippen molar-refractivity contribution in [2.45, 2.75) is 32.1 Å². The molecule has 2 aliphatic rings. The molecular weight excluding hydrogens is 168 g/mol. The van der Waals surface area contributed by atoms with Crippen LogP contribution in [-0.2, 0) is 9.53 Å². The Morgan fingerprint density at radius 2 is 2.08 bits per heavy atom. The molecule has 2 rings (SSSR count). The van der Waals surface area contributed by atoms with Gasteiger partial charge in [0.25, 0.3) is 0 Å². The molecule has 1 aliphatic heterocycles. The number of carboxylic acid groups (broad SMARTS) is 1. The van der Waals surface area contributed by atoms with E-state index >= 15 is 0 Å². The maximum absolute atomic E-state index is 10.9. The van der Waals surface area contributed by atoms with Gasteiger partial charge < -0.3 is 9.84 Å². The zero-order valence-corrected chi connectivity index (χ0v) is 7.58. The highest BCUT2D eigenvalue weighted by molar-refractivity contribution is 5.88. The molecule has 0 aromatic rings. The van der Waals surface area contributed by atoms with Crippen molar-refractivity contribution < 1.29 is 14.6 Å². The van der Waals surface area contributed by atoms with E-state index in [1.165, 1.54) is 12.7 Å². The number of hydrogen-bond acceptors (Lipinski definition) is 2. The Hall–Kier alpha value is -0.990. The summed E-state index contributed by atoms with van der Waals surface area (Å²) >= 11 is 0. The first-order chi connectivity index (χ1) is 6.25. The van der Waals surface area contributed by atoms with Crippen molar-refractivity contribution in [1.82, 2.24) is 0 Å². The highest BCUT2D eigenvalue weighted by Crippen LogP contribution is 2.45. The van der Waals surface area contributed by atoms with E-state index in [9.17, 15) is 4.79 Å². The fourth-order valence-electron chi connectivity index (χ4n) is 2.41. The molecule has 1 saturated carbocycles. The Balaban J connectivity index is 2.21. The molecule has 1 aliphatic carbocycles. The van der Waals surface area contributed by atoms with Gasteiger partial charge in [-0.15, -0.1) is 0 Å². The highest BCUT2D eigenvalue weighted by Gasteiger charge is 2.43. The maximum Gasteiger partial charge on any atom is 0.335 e. The van der Waals surface area contributed by atoms with Crippen LogP contribution in [0.15, 0.2) is 11.8 Å². The van der Waals surface area contributed by atoms with Crippen LogP contribution in [0.4, 0.5) is 0 Å². The average Bonchev–Trinajstić information content (AvgIpc) is 2.50. The van der Waals surface area contributed by atoms with E-state index in [1.54, 1.807) is 0 Å². The molecule has 72 valence electrons. The van der Waals surface area contributed by atoms with Crippen molar-refractivity contribution in [1.29, 1.82) is 0 Å². The topological polar surface area (TPSA) is 46.5 Å². The normalized spacial score (nSPS) is 25.4. The average molecular weight is 182 g/mol. The first-order valence-electron chi connectivity index (χ1n) is 4.80. The van der Waals surface area contributed by atoms with Gasteiger partial charge >= 0.3 is 5.97 Å². The third-order valence-electron chi connectivity index (χ3n) is 3.17. The van der Waals surface area contributed by atoms with Crippen LogP contribution in [0.5, 0.6) is 0 Å². The van der Waals surface area contributed by atoms with Crippen LogP contribution in [0.3, 0.4) is 0 Å². The van der Waals surface area contributed by atoms with Gasteiger partial charge in [-0.05, 0) is 12.8 Å². The molecule has 0 atom stereocenters. The van der Waals surface area contributed by atoms with Gasteiger partial charge in [0, 0.05) is 5.41 Å². The zero-order valence-electron chi connectivity index (χ0n) is 7.58. The van der Waals surface area contributed by atoms with Crippen LogP contribution >= 0.6 is 0 Å². The predicted octanol–water partition coefficient (Wildman–Crippen LogP) is 1.94. The van der Waals surface area contributed by atoms with Crippen molar-refractivity contribution in [3.63, 3.8) is 0 Å². The van der Waals surface area contributed by atoms with Crippen LogP contribution in [0.25, 0.3) is 0 Å². The molecule has 0 aromatic carbocycles. The highest BCUT2D eigenvalue weighted by atomic mass is 16.5. The minimum Gasteiger partial charge on any atom is -0.500 e. The summed E-state index contributed by atoms with van der Waals surface area (Å²) in [6, 6.07) is 0. The van der Waals surface area contributed by atoms with E-state index in [2.05, 4.69) is 0 Å². The predicted molar refractivity (Wildman–Crippen MR) is 47.2 cm³/mol. The van der Waals surface area contributed by atoms with Gasteiger partial charge in [0.2, 0.25) is 0 Å². The summed E-state index contributed by atoms with van der Waals surface area (Å²) in [6.07, 6.45) is 6.89. The fraction of sp³-hybridized carbons (Fsp3) is 0.700. The SMILES string of the molecule is O=C(O)C1=COCC12CCCCC2. The Morgan fingerprint density at radius 3 is 2.69 bits per heavy atom. The van der Waals surface area contributed by atoms with Crippen LogP contribution in [-0.4, -0.2) is 17.7 Å². The van der Waals surface area contributed by atoms with Gasteiger partial charge in [-0.2, -0.15) is 0 Å². The lowest BCUT2D eigenvalue weighted by Gasteiger charge is -2.32. The van der Waals surface area contributed by atoms with Gasteiger partial charge in [-0.1, -0.05) is 19.3 Å². The zero-order chi connectivity index (χ0) is 9.31. The van der Waals surface area contributed by atoms with E-state index in [4.69, 9.17) is 9.84 Å². The molecular formula is C10H14O3. The van der Waals surface area contributed by atoms with Gasteiger partial charge in [0.1, 0.15) is 0 Å². The first-order valence-corrected chi connectivity index (χ1v) is 4.80. The number of rotatable bonds is 1. The van der Waals surface area contributed by atoms with Gasteiger partial charge in [-0.25, -0.2) is 4.79 Å². The second-order valence-corrected chi connectivity index (χ2v) is 3.99. The Morgan fingerprint density at radius 1 is 1.38 bits per heavy atom. The molecule has 3 heteroatoms. The summed E-state index contributed by atoms with van der Waals surface area (Å²) in [6.45, 7) is 0.578. The third kappa shape index (κ3) is 1.32. The van der Waals surface area contributed by atoms with E-state index in [0.29, 0.717) is 12.2 Å². The summed E-state index contributed by atoms with van der Waals surface area (Å²) in [5.74, 6) is -0.806. The molecule has 0 radical (unpaired) electrons. The lowest BCUT2D eigenvalue weighted by Crippen LogP contribution is -2.30. The number of carboxylic acids is 1. The molecule has 0 unspecified atom stereocenters. The van der Waals surface area contributed by atoms with Crippen molar-refractivity contribution in [3.8, 4) is 0 Å². The monoisotopic (exact) mass is 182 g/mol. The molecule has 0 saturated heterocycles. The second kappa shape index (κ2) is 3.05. The molecule has 0 amide bonds. The Kier molecular flexibility index (Phi) is 2.02. The van der Waals surface area contributed by atoms with E-state index < -0.39 is 5.97 Å². The molecule has 0 bridgehead atoms. The number of ether oxygens (including phenoxy) is 1. The summed E-state index contributed by atoms with van der Waals surface area (Å²) in [4.78, 5) is 10.9. The van der Waals surface area contributed by atoms with Crippen LogP contribution < -0.4 is 0 Å². The molecule has 1 spiro atoms. The standard InChI is InChI=1S/C10H14O3/c11-9(12)8-6-13-7-10(8)4-2-1-3-5-10/h6H,1-5,7H2,(H,11,12). The van der Waals surface area contributed by atoms with E-state index in [-0.39, 0.29) is 5.41 Å². The molecule has 13 heavy (non-hydrogen) atoms. The molecule has 0 aromatic heterocycles. The number of carbonyl (C=O) groups is 1. The summed E-state index contributed by atoms with van der Waals surface area (Å²) in [7, 11) is 0. The smallest absolute Gasteiger partial charge is 0.335 e. The lowest BCUT2D eigenvalue weighted by atomic mass is 9.71. The summed E-state index contributed by atoms with van der Waals surface area (Å²) in [5.41, 5.74) is 0.344. The largest absolute Gasteiger partial charge is 0.500 e. The first kappa shape index (κ1) is 8.60. The quantitative estimate of drug-likeness (QED) is 0.674. The molecule has 3 nitrogen and oxygen atoms in total. The van der Waals surface area contributed by atoms with E-state index in [0.717, 1.165) is 25.7 Å².